The highest BCUT2D eigenvalue weighted by atomic mass is 79.9. The summed E-state index contributed by atoms with van der Waals surface area (Å²) < 4.78 is 16.4. The van der Waals surface area contributed by atoms with Crippen molar-refractivity contribution in [3.05, 3.63) is 46.2 Å². The first-order valence-electron chi connectivity index (χ1n) is 6.32. The second-order valence-electron chi connectivity index (χ2n) is 4.22. The van der Waals surface area contributed by atoms with Crippen LogP contribution in [0, 0.1) is 0 Å². The van der Waals surface area contributed by atoms with Crippen LogP contribution in [0.5, 0.6) is 0 Å². The molecule has 20 heavy (non-hydrogen) atoms. The van der Waals surface area contributed by atoms with Gasteiger partial charge in [0.1, 0.15) is 17.6 Å². The molecule has 0 radical (unpaired) electrons. The average molecular weight is 342 g/mol. The standard InChI is InChI=1S/C14H16BrNO4/c1-3-8-16-13(10-6-7-12(15)20-10)9-4-5-11(19-9)14(17)18-2/h4-7,13,16H,3,8H2,1-2H3. The van der Waals surface area contributed by atoms with Crippen molar-refractivity contribution in [2.75, 3.05) is 13.7 Å². The normalized spacial score (nSPS) is 12.3. The van der Waals surface area contributed by atoms with Crippen molar-refractivity contribution in [1.82, 2.24) is 5.32 Å². The molecule has 2 aromatic rings. The summed E-state index contributed by atoms with van der Waals surface area (Å²) in [5, 5.41) is 3.33. The van der Waals surface area contributed by atoms with Crippen molar-refractivity contribution in [3.63, 3.8) is 0 Å². The largest absolute Gasteiger partial charge is 0.463 e. The molecule has 0 fully saturated rings. The molecule has 0 aliphatic rings. The van der Waals surface area contributed by atoms with E-state index in [4.69, 9.17) is 8.83 Å². The highest BCUT2D eigenvalue weighted by Gasteiger charge is 2.22. The number of nitrogens with one attached hydrogen (secondary N) is 1. The number of hydrogen-bond acceptors (Lipinski definition) is 5. The molecule has 2 heterocycles. The minimum Gasteiger partial charge on any atom is -0.463 e. The molecule has 5 nitrogen and oxygen atoms in total. The zero-order valence-corrected chi connectivity index (χ0v) is 12.9. The molecule has 0 amide bonds. The van der Waals surface area contributed by atoms with Crippen LogP contribution >= 0.6 is 15.9 Å². The Labute approximate surface area is 125 Å². The lowest BCUT2D eigenvalue weighted by Gasteiger charge is -2.13. The SMILES string of the molecule is CCCNC(c1ccc(Br)o1)c1ccc(C(=O)OC)o1. The third kappa shape index (κ3) is 3.32. The van der Waals surface area contributed by atoms with Crippen molar-refractivity contribution in [2.24, 2.45) is 0 Å². The zero-order chi connectivity index (χ0) is 14.5. The van der Waals surface area contributed by atoms with Crippen LogP contribution in [0.2, 0.25) is 0 Å². The van der Waals surface area contributed by atoms with Crippen LogP contribution in [0.4, 0.5) is 0 Å². The van der Waals surface area contributed by atoms with Gasteiger partial charge in [0.2, 0.25) is 5.76 Å². The van der Waals surface area contributed by atoms with E-state index in [1.807, 2.05) is 12.1 Å². The molecule has 0 aromatic carbocycles. The zero-order valence-electron chi connectivity index (χ0n) is 11.3. The third-order valence-electron chi connectivity index (χ3n) is 2.77. The van der Waals surface area contributed by atoms with E-state index in [1.165, 1.54) is 7.11 Å². The number of halogens is 1. The summed E-state index contributed by atoms with van der Waals surface area (Å²) >= 11 is 3.28. The molecule has 0 saturated heterocycles. The first-order chi connectivity index (χ1) is 9.65. The van der Waals surface area contributed by atoms with Crippen LogP contribution in [0.3, 0.4) is 0 Å². The minimum absolute atomic E-state index is 0.177. The molecule has 2 aromatic heterocycles. The molecule has 108 valence electrons. The molecular weight excluding hydrogens is 326 g/mol. The first kappa shape index (κ1) is 14.9. The van der Waals surface area contributed by atoms with E-state index in [2.05, 4.69) is 32.9 Å². The van der Waals surface area contributed by atoms with E-state index >= 15 is 0 Å². The van der Waals surface area contributed by atoms with Gasteiger partial charge >= 0.3 is 5.97 Å². The van der Waals surface area contributed by atoms with Gasteiger partial charge < -0.3 is 18.9 Å². The fourth-order valence-electron chi connectivity index (χ4n) is 1.83. The summed E-state index contributed by atoms with van der Waals surface area (Å²) in [6.45, 7) is 2.88. The van der Waals surface area contributed by atoms with E-state index in [9.17, 15) is 4.79 Å². The lowest BCUT2D eigenvalue weighted by Crippen LogP contribution is -2.22. The Morgan fingerprint density at radius 1 is 1.30 bits per heavy atom. The number of rotatable bonds is 6. The van der Waals surface area contributed by atoms with Gasteiger partial charge in [0, 0.05) is 0 Å². The second-order valence-corrected chi connectivity index (χ2v) is 5.00. The van der Waals surface area contributed by atoms with E-state index in [0.29, 0.717) is 10.4 Å². The summed E-state index contributed by atoms with van der Waals surface area (Å²) in [7, 11) is 1.32. The van der Waals surface area contributed by atoms with Gasteiger partial charge in [-0.05, 0) is 53.2 Å². The summed E-state index contributed by atoms with van der Waals surface area (Å²) in [5.41, 5.74) is 0. The third-order valence-corrected chi connectivity index (χ3v) is 3.20. The van der Waals surface area contributed by atoms with E-state index in [1.54, 1.807) is 12.1 Å². The summed E-state index contributed by atoms with van der Waals surface area (Å²) in [4.78, 5) is 11.4. The molecule has 0 saturated carbocycles. The highest BCUT2D eigenvalue weighted by molar-refractivity contribution is 9.10. The van der Waals surface area contributed by atoms with Gasteiger partial charge in [0.25, 0.3) is 0 Å². The van der Waals surface area contributed by atoms with Gasteiger partial charge in [-0.1, -0.05) is 6.92 Å². The molecule has 2 rings (SSSR count). The van der Waals surface area contributed by atoms with Crippen LogP contribution < -0.4 is 5.32 Å². The molecular formula is C14H16BrNO4. The second kappa shape index (κ2) is 6.76. The van der Waals surface area contributed by atoms with Crippen molar-refractivity contribution < 1.29 is 18.4 Å². The number of hydrogen-bond donors (Lipinski definition) is 1. The average Bonchev–Trinajstić information content (AvgIpc) is 3.08. The van der Waals surface area contributed by atoms with Crippen LogP contribution in [0.1, 0.15) is 41.5 Å². The van der Waals surface area contributed by atoms with Gasteiger partial charge in [-0.3, -0.25) is 0 Å². The Balaban J connectivity index is 2.26. The van der Waals surface area contributed by atoms with Crippen molar-refractivity contribution in [2.45, 2.75) is 19.4 Å². The molecule has 0 aliphatic carbocycles. The highest BCUT2D eigenvalue weighted by Crippen LogP contribution is 2.27. The number of ether oxygens (including phenoxy) is 1. The minimum atomic E-state index is -0.494. The van der Waals surface area contributed by atoms with E-state index in [0.717, 1.165) is 18.7 Å². The van der Waals surface area contributed by atoms with Crippen LogP contribution in [0.25, 0.3) is 0 Å². The maximum absolute atomic E-state index is 11.4. The number of furan rings is 2. The van der Waals surface area contributed by atoms with Crippen molar-refractivity contribution in [1.29, 1.82) is 0 Å². The predicted octanol–water partition coefficient (Wildman–Crippen LogP) is 3.51. The van der Waals surface area contributed by atoms with Crippen molar-refractivity contribution in [3.8, 4) is 0 Å². The quantitative estimate of drug-likeness (QED) is 0.814. The Kier molecular flexibility index (Phi) is 5.03. The van der Waals surface area contributed by atoms with Gasteiger partial charge in [0.05, 0.1) is 7.11 Å². The monoisotopic (exact) mass is 341 g/mol. The van der Waals surface area contributed by atoms with Gasteiger partial charge in [-0.25, -0.2) is 4.79 Å². The summed E-state index contributed by atoms with van der Waals surface area (Å²) in [6, 6.07) is 6.79. The van der Waals surface area contributed by atoms with Crippen LogP contribution in [-0.2, 0) is 4.74 Å². The van der Waals surface area contributed by atoms with E-state index < -0.39 is 5.97 Å². The predicted molar refractivity (Wildman–Crippen MR) is 76.6 cm³/mol. The van der Waals surface area contributed by atoms with E-state index in [-0.39, 0.29) is 11.8 Å². The maximum atomic E-state index is 11.4. The number of methoxy groups -OCH3 is 1. The number of carbonyl (C=O) groups excluding carboxylic acids is 1. The smallest absolute Gasteiger partial charge is 0.373 e. The summed E-state index contributed by atoms with van der Waals surface area (Å²) in [5.74, 6) is 1.01. The molecule has 0 bridgehead atoms. The van der Waals surface area contributed by atoms with Gasteiger partial charge in [0.15, 0.2) is 4.67 Å². The Morgan fingerprint density at radius 3 is 2.60 bits per heavy atom. The topological polar surface area (TPSA) is 64.6 Å². The summed E-state index contributed by atoms with van der Waals surface area (Å²) in [6.07, 6.45) is 0.975. The lowest BCUT2D eigenvalue weighted by atomic mass is 10.1. The molecule has 0 spiro atoms. The molecule has 1 unspecified atom stereocenters. The fourth-order valence-corrected chi connectivity index (χ4v) is 2.15. The number of carbonyl (C=O) groups is 1. The molecule has 1 N–H and O–H groups in total. The Morgan fingerprint density at radius 2 is 2.00 bits per heavy atom. The van der Waals surface area contributed by atoms with Crippen molar-refractivity contribution >= 4 is 21.9 Å². The Hall–Kier alpha value is -1.53. The fraction of sp³-hybridized carbons (Fsp3) is 0.357. The maximum Gasteiger partial charge on any atom is 0.373 e. The van der Waals surface area contributed by atoms with Crippen LogP contribution in [0.15, 0.2) is 37.8 Å². The molecule has 1 atom stereocenters. The first-order valence-corrected chi connectivity index (χ1v) is 7.11. The van der Waals surface area contributed by atoms with Gasteiger partial charge in [-0.2, -0.15) is 0 Å². The molecule has 0 aliphatic heterocycles. The Bertz CT molecular complexity index is 575. The number of esters is 1. The van der Waals surface area contributed by atoms with Crippen LogP contribution in [-0.4, -0.2) is 19.6 Å². The van der Waals surface area contributed by atoms with Gasteiger partial charge in [-0.15, -0.1) is 0 Å². The molecule has 6 heteroatoms. The lowest BCUT2D eigenvalue weighted by molar-refractivity contribution is 0.0562.